The second-order valence-corrected chi connectivity index (χ2v) is 8.90. The quantitative estimate of drug-likeness (QED) is 0.863. The number of piperidine rings is 2. The third-order valence-corrected chi connectivity index (χ3v) is 5.84. The van der Waals surface area contributed by atoms with Crippen molar-refractivity contribution in [1.82, 2.24) is 9.80 Å². The highest BCUT2D eigenvalue weighted by Crippen LogP contribution is 2.25. The van der Waals surface area contributed by atoms with E-state index in [-0.39, 0.29) is 6.03 Å². The van der Waals surface area contributed by atoms with Gasteiger partial charge in [-0.2, -0.15) is 0 Å². The molecule has 1 aromatic rings. The molecule has 1 aromatic carbocycles. The van der Waals surface area contributed by atoms with Crippen molar-refractivity contribution >= 4 is 11.7 Å². The topological polar surface area (TPSA) is 35.6 Å². The average molecular weight is 358 g/mol. The number of carbonyl (C=O) groups excluding carboxylic acids is 1. The van der Waals surface area contributed by atoms with E-state index in [1.165, 1.54) is 37.2 Å². The maximum Gasteiger partial charge on any atom is 0.321 e. The Balaban J connectivity index is 1.46. The van der Waals surface area contributed by atoms with Crippen molar-refractivity contribution in [2.45, 2.75) is 47.0 Å². The first-order valence-electron chi connectivity index (χ1n) is 10.3. The zero-order valence-electron chi connectivity index (χ0n) is 16.9. The summed E-state index contributed by atoms with van der Waals surface area (Å²) in [6, 6.07) is 6.25. The van der Waals surface area contributed by atoms with E-state index in [2.05, 4.69) is 44.0 Å². The Kier molecular flexibility index (Phi) is 6.23. The fourth-order valence-corrected chi connectivity index (χ4v) is 4.87. The van der Waals surface area contributed by atoms with Gasteiger partial charge in [-0.25, -0.2) is 4.79 Å². The highest BCUT2D eigenvalue weighted by atomic mass is 16.2. The van der Waals surface area contributed by atoms with Crippen LogP contribution >= 0.6 is 0 Å². The summed E-state index contributed by atoms with van der Waals surface area (Å²) in [5, 5.41) is 3.08. The Morgan fingerprint density at radius 2 is 1.62 bits per heavy atom. The summed E-state index contributed by atoms with van der Waals surface area (Å²) in [5.41, 5.74) is 3.28. The van der Waals surface area contributed by atoms with Gasteiger partial charge in [0.15, 0.2) is 0 Å². The molecule has 0 saturated carbocycles. The van der Waals surface area contributed by atoms with Gasteiger partial charge in [0.2, 0.25) is 0 Å². The molecule has 144 valence electrons. The van der Waals surface area contributed by atoms with Gasteiger partial charge < -0.3 is 15.1 Å². The first-order valence-corrected chi connectivity index (χ1v) is 10.3. The molecule has 26 heavy (non-hydrogen) atoms. The summed E-state index contributed by atoms with van der Waals surface area (Å²) < 4.78 is 0. The van der Waals surface area contributed by atoms with Gasteiger partial charge in [0, 0.05) is 38.4 Å². The van der Waals surface area contributed by atoms with E-state index >= 15 is 0 Å². The monoisotopic (exact) mass is 357 g/mol. The molecule has 4 nitrogen and oxygen atoms in total. The van der Waals surface area contributed by atoms with Crippen LogP contribution in [0.15, 0.2) is 18.2 Å². The van der Waals surface area contributed by atoms with Gasteiger partial charge >= 0.3 is 6.03 Å². The molecule has 2 fully saturated rings. The maximum atomic E-state index is 12.6. The molecule has 0 aliphatic carbocycles. The number of anilines is 1. The summed E-state index contributed by atoms with van der Waals surface area (Å²) >= 11 is 0. The van der Waals surface area contributed by atoms with E-state index in [4.69, 9.17) is 0 Å². The number of nitrogens with one attached hydrogen (secondary N) is 1. The van der Waals surface area contributed by atoms with E-state index in [1.807, 2.05) is 17.0 Å². The molecule has 2 aliphatic rings. The average Bonchev–Trinajstić information content (AvgIpc) is 2.53. The minimum Gasteiger partial charge on any atom is -0.325 e. The maximum absolute atomic E-state index is 12.6. The lowest BCUT2D eigenvalue weighted by Crippen LogP contribution is -2.46. The highest BCUT2D eigenvalue weighted by molar-refractivity contribution is 5.89. The van der Waals surface area contributed by atoms with Gasteiger partial charge in [-0.3, -0.25) is 0 Å². The predicted molar refractivity (Wildman–Crippen MR) is 109 cm³/mol. The van der Waals surface area contributed by atoms with Crippen LogP contribution in [0.1, 0.15) is 44.2 Å². The number of urea groups is 1. The van der Waals surface area contributed by atoms with Crippen LogP contribution in [-0.4, -0.2) is 48.6 Å². The van der Waals surface area contributed by atoms with Gasteiger partial charge in [-0.1, -0.05) is 19.9 Å². The molecule has 0 bridgehead atoms. The van der Waals surface area contributed by atoms with Gasteiger partial charge in [-0.05, 0) is 74.1 Å². The molecule has 3 rings (SSSR count). The summed E-state index contributed by atoms with van der Waals surface area (Å²) in [4.78, 5) is 17.2. The highest BCUT2D eigenvalue weighted by Gasteiger charge is 2.27. The minimum absolute atomic E-state index is 0.0497. The summed E-state index contributed by atoms with van der Waals surface area (Å²) in [5.74, 6) is 2.38. The van der Waals surface area contributed by atoms with Crippen molar-refractivity contribution in [3.05, 3.63) is 29.3 Å². The Labute approximate surface area is 158 Å². The zero-order valence-corrected chi connectivity index (χ0v) is 16.9. The fraction of sp³-hybridized carbons (Fsp3) is 0.682. The van der Waals surface area contributed by atoms with Gasteiger partial charge in [0.05, 0.1) is 0 Å². The standard InChI is InChI=1S/C22H35N3O/c1-16-9-17(2)12-21(11-16)23-22(26)25-7-5-20(6-8-25)15-24-13-18(3)10-19(4)14-24/h9,11-12,18-20H,5-8,10,13-15H2,1-4H3,(H,23,26). The molecule has 2 aliphatic heterocycles. The van der Waals surface area contributed by atoms with Crippen molar-refractivity contribution in [1.29, 1.82) is 0 Å². The lowest BCUT2D eigenvalue weighted by molar-refractivity contribution is 0.101. The first kappa shape index (κ1) is 19.2. The van der Waals surface area contributed by atoms with E-state index in [0.29, 0.717) is 0 Å². The molecule has 0 radical (unpaired) electrons. The summed E-state index contributed by atoms with van der Waals surface area (Å²) in [6.45, 7) is 14.3. The second-order valence-electron chi connectivity index (χ2n) is 8.90. The molecule has 4 heteroatoms. The van der Waals surface area contributed by atoms with E-state index in [0.717, 1.165) is 49.4 Å². The minimum atomic E-state index is 0.0497. The second kappa shape index (κ2) is 8.43. The number of benzene rings is 1. The van der Waals surface area contributed by atoms with Crippen LogP contribution in [-0.2, 0) is 0 Å². The number of hydrogen-bond donors (Lipinski definition) is 1. The molecule has 2 unspecified atom stereocenters. The predicted octanol–water partition coefficient (Wildman–Crippen LogP) is 4.53. The molecule has 0 spiro atoms. The SMILES string of the molecule is Cc1cc(C)cc(NC(=O)N2CCC(CN3CC(C)CC(C)C3)CC2)c1. The summed E-state index contributed by atoms with van der Waals surface area (Å²) in [7, 11) is 0. The van der Waals surface area contributed by atoms with Crippen molar-refractivity contribution in [2.24, 2.45) is 17.8 Å². The van der Waals surface area contributed by atoms with Crippen LogP contribution < -0.4 is 5.32 Å². The molecule has 2 atom stereocenters. The molecule has 2 saturated heterocycles. The number of carbonyl (C=O) groups is 1. The third-order valence-electron chi connectivity index (χ3n) is 5.84. The number of nitrogens with zero attached hydrogens (tertiary/aromatic N) is 2. The largest absolute Gasteiger partial charge is 0.325 e. The van der Waals surface area contributed by atoms with E-state index in [1.54, 1.807) is 0 Å². The lowest BCUT2D eigenvalue weighted by Gasteiger charge is -2.39. The zero-order chi connectivity index (χ0) is 18.7. The van der Waals surface area contributed by atoms with Crippen molar-refractivity contribution in [2.75, 3.05) is 38.0 Å². The van der Waals surface area contributed by atoms with Crippen molar-refractivity contribution in [3.63, 3.8) is 0 Å². The number of hydrogen-bond acceptors (Lipinski definition) is 2. The normalized spacial score (nSPS) is 25.3. The molecule has 2 heterocycles. The number of aryl methyl sites for hydroxylation is 2. The molecular weight excluding hydrogens is 322 g/mol. The van der Waals surface area contributed by atoms with E-state index < -0.39 is 0 Å². The number of amides is 2. The van der Waals surface area contributed by atoms with Crippen LogP contribution in [0, 0.1) is 31.6 Å². The van der Waals surface area contributed by atoms with Crippen LogP contribution in [0.5, 0.6) is 0 Å². The Morgan fingerprint density at radius 1 is 1.04 bits per heavy atom. The number of likely N-dealkylation sites (tertiary alicyclic amines) is 2. The molecule has 0 aromatic heterocycles. The molecule has 2 amide bonds. The van der Waals surface area contributed by atoms with Crippen molar-refractivity contribution in [3.8, 4) is 0 Å². The Hall–Kier alpha value is -1.55. The van der Waals surface area contributed by atoms with Crippen LogP contribution in [0.2, 0.25) is 0 Å². The molecule has 1 N–H and O–H groups in total. The lowest BCUT2D eigenvalue weighted by atomic mass is 9.89. The van der Waals surface area contributed by atoms with Crippen LogP contribution in [0.3, 0.4) is 0 Å². The van der Waals surface area contributed by atoms with Gasteiger partial charge in [-0.15, -0.1) is 0 Å². The fourth-order valence-electron chi connectivity index (χ4n) is 4.87. The van der Waals surface area contributed by atoms with Gasteiger partial charge in [0.25, 0.3) is 0 Å². The Morgan fingerprint density at radius 3 is 2.19 bits per heavy atom. The third kappa shape index (κ3) is 5.23. The van der Waals surface area contributed by atoms with Crippen LogP contribution in [0.4, 0.5) is 10.5 Å². The molecular formula is C22H35N3O. The van der Waals surface area contributed by atoms with E-state index in [9.17, 15) is 4.79 Å². The Bertz CT molecular complexity index is 592. The first-order chi connectivity index (χ1) is 12.4. The van der Waals surface area contributed by atoms with Crippen molar-refractivity contribution < 1.29 is 4.79 Å². The van der Waals surface area contributed by atoms with Gasteiger partial charge in [0.1, 0.15) is 0 Å². The van der Waals surface area contributed by atoms with Crippen LogP contribution in [0.25, 0.3) is 0 Å². The smallest absolute Gasteiger partial charge is 0.321 e. The number of rotatable bonds is 3. The summed E-state index contributed by atoms with van der Waals surface area (Å²) in [6.07, 6.45) is 3.62.